The van der Waals surface area contributed by atoms with Gasteiger partial charge in [-0.25, -0.2) is 4.79 Å². The van der Waals surface area contributed by atoms with Gasteiger partial charge in [-0.1, -0.05) is 20.8 Å². The van der Waals surface area contributed by atoms with E-state index in [0.717, 1.165) is 0 Å². The van der Waals surface area contributed by atoms with Gasteiger partial charge in [-0.2, -0.15) is 0 Å². The first-order valence-corrected chi connectivity index (χ1v) is 15.2. The molecule has 4 fully saturated rings. The van der Waals surface area contributed by atoms with Crippen LogP contribution in [0.1, 0.15) is 74.1 Å². The van der Waals surface area contributed by atoms with Crippen molar-refractivity contribution in [3.05, 3.63) is 12.3 Å². The van der Waals surface area contributed by atoms with Crippen molar-refractivity contribution in [1.82, 2.24) is 0 Å². The summed E-state index contributed by atoms with van der Waals surface area (Å²) in [5, 5.41) is 11.8. The molecule has 0 aromatic rings. The lowest BCUT2D eigenvalue weighted by Gasteiger charge is -2.65. The molecular weight excluding hydrogens is 564 g/mol. The molecule has 0 amide bonds. The standard InChI is InChI=1S/C31H44O12/c1-8-28(6,43-19(5)34)27(36)42-25-21(35)13-22-29(7,23-12-20-9-10-37-26(20)41-23)16(2)11-24(40-18(4)33)30(22,14-38-17(3)32)31(25)15-39-31/h9-10,16,20-26,35H,8,11-15H2,1-7H3/t16-,20+,21-,22-,23-,24+,25+,26-,28+,29+,30+,31-/m1/s1. The minimum atomic E-state index is -1.60. The van der Waals surface area contributed by atoms with E-state index in [4.69, 9.17) is 33.2 Å². The predicted octanol–water partition coefficient (Wildman–Crippen LogP) is 2.58. The highest BCUT2D eigenvalue weighted by Crippen LogP contribution is 2.70. The Bertz CT molecular complexity index is 1180. The van der Waals surface area contributed by atoms with E-state index < -0.39 is 76.4 Å². The van der Waals surface area contributed by atoms with E-state index in [1.165, 1.54) is 27.7 Å². The summed E-state index contributed by atoms with van der Waals surface area (Å²) >= 11 is 0. The van der Waals surface area contributed by atoms with Gasteiger partial charge in [-0.15, -0.1) is 0 Å². The van der Waals surface area contributed by atoms with Crippen LogP contribution in [0.25, 0.3) is 0 Å². The molecule has 2 saturated carbocycles. The fourth-order valence-electron chi connectivity index (χ4n) is 8.42. The second-order valence-electron chi connectivity index (χ2n) is 13.3. The minimum Gasteiger partial charge on any atom is -0.472 e. The van der Waals surface area contributed by atoms with Gasteiger partial charge in [0.2, 0.25) is 11.9 Å². The molecule has 2 aliphatic carbocycles. The van der Waals surface area contributed by atoms with Crippen LogP contribution >= 0.6 is 0 Å². The lowest BCUT2D eigenvalue weighted by Crippen LogP contribution is -2.74. The maximum absolute atomic E-state index is 13.6. The first-order chi connectivity index (χ1) is 20.1. The number of epoxide rings is 1. The number of carbonyl (C=O) groups is 4. The SMILES string of the molecule is CC[C@](C)(OC(C)=O)C(=O)O[C@H]1[C@H](O)C[C@@H]2[C@@](C)([C@H]3C[C@@H]4C=CO[C@@H]4O3)[C@H](C)C[C@H](OC(C)=O)[C@@]2(COC(C)=O)[C@@]12CO2. The number of hydrogen-bond acceptors (Lipinski definition) is 12. The predicted molar refractivity (Wildman–Crippen MR) is 147 cm³/mol. The van der Waals surface area contributed by atoms with E-state index in [9.17, 15) is 24.3 Å². The van der Waals surface area contributed by atoms with Crippen molar-refractivity contribution in [3.63, 3.8) is 0 Å². The van der Waals surface area contributed by atoms with Crippen LogP contribution in [0, 0.1) is 28.6 Å². The van der Waals surface area contributed by atoms with Crippen molar-refractivity contribution in [3.8, 4) is 0 Å². The number of ether oxygens (including phenoxy) is 7. The van der Waals surface area contributed by atoms with Gasteiger partial charge >= 0.3 is 23.9 Å². The molecule has 2 saturated heterocycles. The summed E-state index contributed by atoms with van der Waals surface area (Å²) in [7, 11) is 0. The Balaban J connectivity index is 1.61. The topological polar surface area (TPSA) is 156 Å². The van der Waals surface area contributed by atoms with Gasteiger partial charge < -0.3 is 38.3 Å². The number of rotatable bonds is 8. The summed E-state index contributed by atoms with van der Waals surface area (Å²) in [6.07, 6.45) is 1.03. The maximum atomic E-state index is 13.6. The molecule has 12 atom stereocenters. The van der Waals surface area contributed by atoms with Gasteiger partial charge in [0.25, 0.3) is 0 Å². The number of carbonyl (C=O) groups excluding carboxylic acids is 4. The molecule has 0 unspecified atom stereocenters. The van der Waals surface area contributed by atoms with Gasteiger partial charge in [0.05, 0.1) is 30.5 Å². The molecular formula is C31H44O12. The lowest BCUT2D eigenvalue weighted by molar-refractivity contribution is -0.285. The molecule has 43 heavy (non-hydrogen) atoms. The smallest absolute Gasteiger partial charge is 0.350 e. The Hall–Kier alpha value is -2.70. The van der Waals surface area contributed by atoms with E-state index in [1.807, 2.05) is 6.08 Å². The van der Waals surface area contributed by atoms with Gasteiger partial charge in [-0.3, -0.25) is 14.4 Å². The third kappa shape index (κ3) is 4.93. The van der Waals surface area contributed by atoms with E-state index in [-0.39, 0.29) is 44.0 Å². The van der Waals surface area contributed by atoms with Crippen LogP contribution in [0.15, 0.2) is 12.3 Å². The summed E-state index contributed by atoms with van der Waals surface area (Å²) < 4.78 is 41.5. The van der Waals surface area contributed by atoms with Crippen molar-refractivity contribution >= 4 is 23.9 Å². The van der Waals surface area contributed by atoms with Crippen LogP contribution in [-0.2, 0) is 52.3 Å². The van der Waals surface area contributed by atoms with Gasteiger partial charge in [0.1, 0.15) is 18.3 Å². The van der Waals surface area contributed by atoms with Crippen LogP contribution in [0.3, 0.4) is 0 Å². The van der Waals surface area contributed by atoms with Crippen LogP contribution < -0.4 is 0 Å². The number of fused-ring (bicyclic) bond motifs is 3. The molecule has 1 N–H and O–H groups in total. The van der Waals surface area contributed by atoms with Crippen LogP contribution in [-0.4, -0.2) is 84.1 Å². The molecule has 12 heteroatoms. The molecule has 3 heterocycles. The number of hydrogen-bond donors (Lipinski definition) is 1. The monoisotopic (exact) mass is 608 g/mol. The van der Waals surface area contributed by atoms with Crippen molar-refractivity contribution in [1.29, 1.82) is 0 Å². The average Bonchev–Trinajstić information content (AvgIpc) is 3.40. The fourth-order valence-corrected chi connectivity index (χ4v) is 8.42. The first-order valence-electron chi connectivity index (χ1n) is 15.2. The number of aliphatic hydroxyl groups is 1. The van der Waals surface area contributed by atoms with Crippen LogP contribution in [0.2, 0.25) is 0 Å². The normalized spacial score (nSPS) is 43.9. The summed E-state index contributed by atoms with van der Waals surface area (Å²) in [5.74, 6) is -2.99. The van der Waals surface area contributed by atoms with E-state index in [1.54, 1.807) is 13.2 Å². The Kier molecular flexibility index (Phi) is 8.13. The average molecular weight is 609 g/mol. The molecule has 0 bridgehead atoms. The van der Waals surface area contributed by atoms with E-state index >= 15 is 0 Å². The summed E-state index contributed by atoms with van der Waals surface area (Å²) in [6, 6.07) is 0. The zero-order chi connectivity index (χ0) is 31.5. The maximum Gasteiger partial charge on any atom is 0.350 e. The third-order valence-corrected chi connectivity index (χ3v) is 11.0. The molecule has 0 radical (unpaired) electrons. The molecule has 5 aliphatic rings. The third-order valence-electron chi connectivity index (χ3n) is 11.0. The molecule has 5 rings (SSSR count). The zero-order valence-electron chi connectivity index (χ0n) is 26.0. The number of esters is 4. The molecule has 3 aliphatic heterocycles. The Morgan fingerprint density at radius 3 is 2.30 bits per heavy atom. The summed E-state index contributed by atoms with van der Waals surface area (Å²) in [5.41, 5.74) is -4.80. The number of aliphatic hydroxyl groups excluding tert-OH is 1. The van der Waals surface area contributed by atoms with Gasteiger partial charge in [0.15, 0.2) is 6.10 Å². The second-order valence-corrected chi connectivity index (χ2v) is 13.3. The van der Waals surface area contributed by atoms with Crippen molar-refractivity contribution in [2.45, 2.75) is 116 Å². The highest BCUT2D eigenvalue weighted by Gasteiger charge is 2.81. The second kappa shape index (κ2) is 11.0. The quantitative estimate of drug-likeness (QED) is 0.244. The molecule has 1 spiro atoms. The molecule has 12 nitrogen and oxygen atoms in total. The lowest BCUT2D eigenvalue weighted by atomic mass is 9.41. The minimum absolute atomic E-state index is 0.0566. The van der Waals surface area contributed by atoms with E-state index in [2.05, 4.69) is 13.8 Å². The van der Waals surface area contributed by atoms with Gasteiger partial charge in [-0.05, 0) is 50.5 Å². The summed E-state index contributed by atoms with van der Waals surface area (Å²) in [6.45, 7) is 11.0. The van der Waals surface area contributed by atoms with E-state index in [0.29, 0.717) is 12.8 Å². The van der Waals surface area contributed by atoms with Crippen molar-refractivity contribution < 1.29 is 57.4 Å². The fraction of sp³-hybridized carbons (Fsp3) is 0.806. The van der Waals surface area contributed by atoms with Crippen LogP contribution in [0.5, 0.6) is 0 Å². The Morgan fingerprint density at radius 2 is 1.74 bits per heavy atom. The largest absolute Gasteiger partial charge is 0.472 e. The van der Waals surface area contributed by atoms with Crippen LogP contribution in [0.4, 0.5) is 0 Å². The first kappa shape index (κ1) is 31.7. The highest BCUT2D eigenvalue weighted by atomic mass is 16.7. The van der Waals surface area contributed by atoms with Crippen molar-refractivity contribution in [2.75, 3.05) is 13.2 Å². The highest BCUT2D eigenvalue weighted by molar-refractivity contribution is 5.82. The van der Waals surface area contributed by atoms with Gasteiger partial charge in [0, 0.05) is 32.1 Å². The Labute approximate surface area is 251 Å². The van der Waals surface area contributed by atoms with Crippen molar-refractivity contribution in [2.24, 2.45) is 28.6 Å². The molecule has 0 aromatic heterocycles. The Morgan fingerprint density at radius 1 is 1.05 bits per heavy atom. The molecule has 240 valence electrons. The molecule has 0 aromatic carbocycles. The summed E-state index contributed by atoms with van der Waals surface area (Å²) in [4.78, 5) is 50.3. The zero-order valence-corrected chi connectivity index (χ0v) is 26.0.